The number of nitriles is 2. The molecule has 0 aliphatic heterocycles. The summed E-state index contributed by atoms with van der Waals surface area (Å²) in [7, 11) is 0. The lowest BCUT2D eigenvalue weighted by Gasteiger charge is -2.22. The average molecular weight is 1070 g/mol. The molecule has 13 aromatic rings. The molecule has 0 spiro atoms. The van der Waals surface area contributed by atoms with Crippen molar-refractivity contribution in [2.24, 2.45) is 0 Å². The van der Waals surface area contributed by atoms with Crippen LogP contribution in [0.1, 0.15) is 22.3 Å². The molecule has 0 bridgehead atoms. The van der Waals surface area contributed by atoms with E-state index in [1.807, 2.05) is 140 Å². The quantitative estimate of drug-likeness (QED) is 0.142. The van der Waals surface area contributed by atoms with Gasteiger partial charge in [-0.3, -0.25) is 0 Å². The predicted molar refractivity (Wildman–Crippen MR) is 326 cm³/mol. The van der Waals surface area contributed by atoms with Crippen molar-refractivity contribution in [3.8, 4) is 90.3 Å². The van der Waals surface area contributed by atoms with Crippen LogP contribution in [-0.2, 0) is 6.18 Å². The van der Waals surface area contributed by atoms with E-state index in [-0.39, 0.29) is 5.56 Å². The van der Waals surface area contributed by atoms with Gasteiger partial charge >= 0.3 is 6.18 Å². The van der Waals surface area contributed by atoms with Crippen molar-refractivity contribution in [1.82, 2.24) is 9.13 Å². The Kier molecular flexibility index (Phi) is 12.3. The first kappa shape index (κ1) is 50.7. The third-order valence-electron chi connectivity index (χ3n) is 15.5. The van der Waals surface area contributed by atoms with E-state index in [1.54, 1.807) is 55.5 Å². The Hall–Kier alpha value is -11.7. The molecule has 13 rings (SSSR count). The second-order valence-electron chi connectivity index (χ2n) is 20.3. The lowest BCUT2D eigenvalue weighted by atomic mass is 9.87. The maximum atomic E-state index is 15.5. The number of hydrogen-bond acceptors (Lipinski definition) is 2. The zero-order chi connectivity index (χ0) is 57.1. The SMILES string of the molecule is [C-]#[N+]c1cccc(-c2ccc3c(c2)c2cc(-c4cccc([N+]#[C-])c4)ccc2n3-c2ccc(-c3c(C)cccc3C(F)(F)F)c(-c3cc(C#N)ccc3-n3c4ccc(-c5cccc(C#N)c5)cc4c4cc(-c5cccc([N+]#[C-])c5)ccc43)c2)c1. The summed E-state index contributed by atoms with van der Waals surface area (Å²) >= 11 is 0. The number of hydrogen-bond donors (Lipinski definition) is 0. The standard InChI is InChI=1S/C73H40F3N7/c1-44-10-5-19-66(73(74,75)76)72(44)59-26-25-58(82-67-28-21-52(48-13-7-16-55(34-48)79-2)38-62(67)63-39-53(22-29-68(63)82)49-14-8-17-56(35-49)80-3)41-60(59)61-33-46(43-78)20-27-69(61)83-70-30-23-51(47-12-6-11-45(32-47)42-77)37-64(70)65-40-54(24-31-71(65)83)50-15-9-18-57(36-50)81-4/h5-41H,1H3. The summed E-state index contributed by atoms with van der Waals surface area (Å²) in [4.78, 5) is 11.1. The summed E-state index contributed by atoms with van der Waals surface area (Å²) in [6, 6.07) is 73.9. The molecule has 0 atom stereocenters. The van der Waals surface area contributed by atoms with Gasteiger partial charge in [-0.1, -0.05) is 109 Å². The van der Waals surface area contributed by atoms with Crippen molar-refractivity contribution in [2.45, 2.75) is 13.1 Å². The summed E-state index contributed by atoms with van der Waals surface area (Å²) in [6.07, 6.45) is -4.73. The molecule has 388 valence electrons. The maximum Gasteiger partial charge on any atom is 0.417 e. The highest BCUT2D eigenvalue weighted by Crippen LogP contribution is 2.48. The molecule has 0 unspecified atom stereocenters. The van der Waals surface area contributed by atoms with Crippen molar-refractivity contribution in [3.63, 3.8) is 0 Å². The second kappa shape index (κ2) is 20.2. The first-order chi connectivity index (χ1) is 40.4. The van der Waals surface area contributed by atoms with Crippen molar-refractivity contribution < 1.29 is 13.2 Å². The number of benzene rings is 11. The van der Waals surface area contributed by atoms with Gasteiger partial charge < -0.3 is 9.13 Å². The fraction of sp³-hybridized carbons (Fsp3) is 0.0274. The number of aromatic nitrogens is 2. The first-order valence-electron chi connectivity index (χ1n) is 26.4. The second-order valence-corrected chi connectivity index (χ2v) is 20.3. The van der Waals surface area contributed by atoms with Crippen LogP contribution >= 0.6 is 0 Å². The number of alkyl halides is 3. The van der Waals surface area contributed by atoms with Crippen molar-refractivity contribution >= 4 is 60.7 Å². The summed E-state index contributed by atoms with van der Waals surface area (Å²) in [6.45, 7) is 24.9. The topological polar surface area (TPSA) is 70.5 Å². The van der Waals surface area contributed by atoms with E-state index in [9.17, 15) is 10.5 Å². The van der Waals surface area contributed by atoms with Crippen LogP contribution in [0.5, 0.6) is 0 Å². The molecule has 2 heterocycles. The molecule has 0 fully saturated rings. The molecule has 0 saturated heterocycles. The normalized spacial score (nSPS) is 11.3. The number of halogens is 3. The summed E-state index contributed by atoms with van der Waals surface area (Å²) < 4.78 is 50.9. The lowest BCUT2D eigenvalue weighted by molar-refractivity contribution is -0.137. The summed E-state index contributed by atoms with van der Waals surface area (Å²) in [5, 5.41) is 24.1. The highest BCUT2D eigenvalue weighted by atomic mass is 19.4. The van der Waals surface area contributed by atoms with E-state index in [4.69, 9.17) is 19.7 Å². The predicted octanol–water partition coefficient (Wildman–Crippen LogP) is 20.6. The number of nitrogens with zero attached hydrogens (tertiary/aromatic N) is 7. The van der Waals surface area contributed by atoms with Crippen LogP contribution < -0.4 is 0 Å². The van der Waals surface area contributed by atoms with Gasteiger partial charge in [-0.25, -0.2) is 14.5 Å². The Balaban J connectivity index is 1.11. The third-order valence-corrected chi connectivity index (χ3v) is 15.5. The Morgan fingerprint density at radius 2 is 0.807 bits per heavy atom. The van der Waals surface area contributed by atoms with Gasteiger partial charge in [0, 0.05) is 32.8 Å². The van der Waals surface area contributed by atoms with Crippen LogP contribution in [0.25, 0.3) is 136 Å². The molecule has 10 heteroatoms. The fourth-order valence-corrected chi connectivity index (χ4v) is 11.7. The number of rotatable bonds is 8. The Morgan fingerprint density at radius 1 is 0.386 bits per heavy atom. The summed E-state index contributed by atoms with van der Waals surface area (Å²) in [5.74, 6) is 0. The van der Waals surface area contributed by atoms with Crippen LogP contribution in [0.15, 0.2) is 224 Å². The minimum atomic E-state index is -4.73. The van der Waals surface area contributed by atoms with Gasteiger partial charge in [0.15, 0.2) is 17.1 Å². The van der Waals surface area contributed by atoms with E-state index in [0.717, 1.165) is 94.2 Å². The minimum absolute atomic E-state index is 0.00686. The van der Waals surface area contributed by atoms with Gasteiger partial charge in [-0.15, -0.1) is 0 Å². The molecule has 0 N–H and O–H groups in total. The van der Waals surface area contributed by atoms with Gasteiger partial charge in [0.2, 0.25) is 0 Å². The van der Waals surface area contributed by atoms with Gasteiger partial charge in [0.1, 0.15) is 0 Å². The van der Waals surface area contributed by atoms with Crippen LogP contribution in [0.2, 0.25) is 0 Å². The number of aryl methyl sites for hydroxylation is 1. The molecule has 0 radical (unpaired) electrons. The smallest absolute Gasteiger partial charge is 0.309 e. The molecule has 2 aromatic heterocycles. The zero-order valence-corrected chi connectivity index (χ0v) is 44.1. The van der Waals surface area contributed by atoms with E-state index in [0.29, 0.717) is 61.8 Å². The highest BCUT2D eigenvalue weighted by molar-refractivity contribution is 6.14. The van der Waals surface area contributed by atoms with Crippen LogP contribution in [0, 0.1) is 49.3 Å². The van der Waals surface area contributed by atoms with Crippen LogP contribution in [0.3, 0.4) is 0 Å². The van der Waals surface area contributed by atoms with E-state index < -0.39 is 11.7 Å². The van der Waals surface area contributed by atoms with Gasteiger partial charge in [0.05, 0.1) is 76.3 Å². The zero-order valence-electron chi connectivity index (χ0n) is 44.1. The van der Waals surface area contributed by atoms with E-state index >= 15 is 13.2 Å². The molecule has 11 aromatic carbocycles. The van der Waals surface area contributed by atoms with Gasteiger partial charge in [-0.2, -0.15) is 23.7 Å². The lowest BCUT2D eigenvalue weighted by Crippen LogP contribution is -2.09. The van der Waals surface area contributed by atoms with Crippen LogP contribution in [0.4, 0.5) is 30.2 Å². The molecule has 83 heavy (non-hydrogen) atoms. The number of fused-ring (bicyclic) bond motifs is 6. The minimum Gasteiger partial charge on any atom is -0.309 e. The summed E-state index contributed by atoms with van der Waals surface area (Å²) in [5.41, 5.74) is 14.5. The van der Waals surface area contributed by atoms with E-state index in [2.05, 4.69) is 60.1 Å². The Bertz CT molecular complexity index is 4890. The van der Waals surface area contributed by atoms with Crippen molar-refractivity contribution in [3.05, 3.63) is 281 Å². The molecular weight excluding hydrogens is 1030 g/mol. The van der Waals surface area contributed by atoms with Crippen LogP contribution in [-0.4, -0.2) is 9.13 Å². The van der Waals surface area contributed by atoms with Gasteiger partial charge in [0.25, 0.3) is 0 Å². The average Bonchev–Trinajstić information content (AvgIpc) is 4.20. The van der Waals surface area contributed by atoms with Crippen molar-refractivity contribution in [2.75, 3.05) is 0 Å². The Morgan fingerprint density at radius 3 is 1.27 bits per heavy atom. The highest BCUT2D eigenvalue weighted by Gasteiger charge is 2.35. The molecule has 0 aliphatic carbocycles. The first-order valence-corrected chi connectivity index (χ1v) is 26.4. The van der Waals surface area contributed by atoms with Crippen molar-refractivity contribution in [1.29, 1.82) is 10.5 Å². The maximum absolute atomic E-state index is 15.5. The molecule has 0 aliphatic rings. The molecular formula is C73H40F3N7. The molecule has 7 nitrogen and oxygen atoms in total. The van der Waals surface area contributed by atoms with Gasteiger partial charge in [-0.05, 0) is 189 Å². The largest absolute Gasteiger partial charge is 0.417 e. The molecule has 0 saturated carbocycles. The monoisotopic (exact) mass is 1070 g/mol. The van der Waals surface area contributed by atoms with E-state index in [1.165, 1.54) is 6.07 Å². The third kappa shape index (κ3) is 8.86. The fourth-order valence-electron chi connectivity index (χ4n) is 11.7. The Labute approximate surface area is 475 Å². The molecule has 0 amide bonds.